The van der Waals surface area contributed by atoms with Gasteiger partial charge in [0.1, 0.15) is 17.2 Å². The molecule has 128 valence electrons. The number of nitrogens with zero attached hydrogens (tertiary/aromatic N) is 1. The summed E-state index contributed by atoms with van der Waals surface area (Å²) in [5.41, 5.74) is 5.15. The number of hydrazine groups is 1. The number of carbonyl (C=O) groups excluding carboxylic acids is 2. The van der Waals surface area contributed by atoms with E-state index in [1.54, 1.807) is 55.3 Å². The number of nitrogens with one attached hydrogen (secondary N) is 2. The molecule has 0 aliphatic rings. The third kappa shape index (κ3) is 5.02. The molecule has 24 heavy (non-hydrogen) atoms. The normalized spacial score (nSPS) is 10.1. The molecule has 2 N–H and O–H groups in total. The van der Waals surface area contributed by atoms with E-state index in [4.69, 9.17) is 9.47 Å². The first kappa shape index (κ1) is 17.9. The molecule has 1 heterocycles. The van der Waals surface area contributed by atoms with Crippen molar-refractivity contribution < 1.29 is 19.1 Å². The highest BCUT2D eigenvalue weighted by Gasteiger charge is 2.11. The zero-order valence-corrected chi connectivity index (χ0v) is 14.9. The molecule has 0 saturated carbocycles. The second-order valence-electron chi connectivity index (χ2n) is 4.93. The van der Waals surface area contributed by atoms with E-state index in [1.807, 2.05) is 0 Å². The molecule has 7 nitrogen and oxygen atoms in total. The Morgan fingerprint density at radius 3 is 2.42 bits per heavy atom. The van der Waals surface area contributed by atoms with E-state index in [0.29, 0.717) is 11.4 Å². The number of hydrogen-bond acceptors (Lipinski definition) is 4. The second kappa shape index (κ2) is 8.39. The molecule has 2 aromatic rings. The molecule has 1 aromatic carbocycles. The van der Waals surface area contributed by atoms with Crippen molar-refractivity contribution in [1.29, 1.82) is 0 Å². The quantitative estimate of drug-likeness (QED) is 0.733. The molecule has 2 rings (SSSR count). The highest BCUT2D eigenvalue weighted by atomic mass is 79.9. The summed E-state index contributed by atoms with van der Waals surface area (Å²) in [6.07, 6.45) is 1.86. The van der Waals surface area contributed by atoms with Gasteiger partial charge in [0.15, 0.2) is 0 Å². The Labute approximate surface area is 148 Å². The molecule has 0 spiro atoms. The number of ether oxygens (including phenoxy) is 2. The summed E-state index contributed by atoms with van der Waals surface area (Å²) in [4.78, 5) is 23.6. The third-order valence-electron chi connectivity index (χ3n) is 3.18. The third-order valence-corrected chi connectivity index (χ3v) is 3.61. The van der Waals surface area contributed by atoms with E-state index >= 15 is 0 Å². The van der Waals surface area contributed by atoms with Crippen LogP contribution in [0.5, 0.6) is 11.5 Å². The maximum atomic E-state index is 11.9. The van der Waals surface area contributed by atoms with Crippen LogP contribution in [-0.2, 0) is 11.8 Å². The van der Waals surface area contributed by atoms with Crippen LogP contribution in [0.3, 0.4) is 0 Å². The topological polar surface area (TPSA) is 81.6 Å². The van der Waals surface area contributed by atoms with Crippen LogP contribution < -0.4 is 20.3 Å². The number of aromatic nitrogens is 1. The van der Waals surface area contributed by atoms with Crippen LogP contribution in [0, 0.1) is 0 Å². The van der Waals surface area contributed by atoms with Gasteiger partial charge in [-0.2, -0.15) is 0 Å². The van der Waals surface area contributed by atoms with Gasteiger partial charge in [-0.25, -0.2) is 0 Å². The molecular formula is C16H18BrN3O4. The number of aryl methyl sites for hydroxylation is 1. The van der Waals surface area contributed by atoms with Gasteiger partial charge in [0.25, 0.3) is 5.91 Å². The van der Waals surface area contributed by atoms with Crippen LogP contribution in [-0.4, -0.2) is 30.1 Å². The van der Waals surface area contributed by atoms with Crippen molar-refractivity contribution >= 4 is 27.7 Å². The minimum absolute atomic E-state index is 0.114. The van der Waals surface area contributed by atoms with Gasteiger partial charge in [-0.1, -0.05) is 0 Å². The lowest BCUT2D eigenvalue weighted by molar-refractivity contribution is -0.122. The molecule has 0 aliphatic heterocycles. The van der Waals surface area contributed by atoms with E-state index in [2.05, 4.69) is 26.8 Å². The van der Waals surface area contributed by atoms with Crippen molar-refractivity contribution in [3.8, 4) is 11.5 Å². The molecule has 0 aliphatic carbocycles. The molecule has 0 unspecified atom stereocenters. The van der Waals surface area contributed by atoms with Gasteiger partial charge in [-0.15, -0.1) is 0 Å². The fourth-order valence-electron chi connectivity index (χ4n) is 1.94. The summed E-state index contributed by atoms with van der Waals surface area (Å²) < 4.78 is 12.9. The lowest BCUT2D eigenvalue weighted by Crippen LogP contribution is -2.42. The fraction of sp³-hybridized carbons (Fsp3) is 0.250. The predicted octanol–water partition coefficient (Wildman–Crippen LogP) is 2.03. The van der Waals surface area contributed by atoms with Gasteiger partial charge in [-0.3, -0.25) is 20.4 Å². The molecule has 0 bridgehead atoms. The summed E-state index contributed by atoms with van der Waals surface area (Å²) in [7, 11) is 3.33. The van der Waals surface area contributed by atoms with E-state index in [9.17, 15) is 9.59 Å². The molecule has 0 fully saturated rings. The Hall–Kier alpha value is -2.48. The van der Waals surface area contributed by atoms with Gasteiger partial charge < -0.3 is 14.0 Å². The lowest BCUT2D eigenvalue weighted by Gasteiger charge is -2.09. The van der Waals surface area contributed by atoms with Gasteiger partial charge in [0, 0.05) is 17.7 Å². The maximum Gasteiger partial charge on any atom is 0.286 e. The van der Waals surface area contributed by atoms with Crippen molar-refractivity contribution in [3.63, 3.8) is 0 Å². The van der Waals surface area contributed by atoms with E-state index in [-0.39, 0.29) is 18.9 Å². The first-order chi connectivity index (χ1) is 11.5. The number of carbonyl (C=O) groups is 2. The number of rotatable bonds is 6. The van der Waals surface area contributed by atoms with Crippen LogP contribution in [0.2, 0.25) is 0 Å². The van der Waals surface area contributed by atoms with Crippen molar-refractivity contribution in [2.45, 2.75) is 6.42 Å². The van der Waals surface area contributed by atoms with E-state index in [0.717, 1.165) is 10.2 Å². The fourth-order valence-corrected chi connectivity index (χ4v) is 2.46. The number of benzene rings is 1. The molecule has 1 aromatic heterocycles. The minimum atomic E-state index is -0.396. The molecule has 0 radical (unpaired) electrons. The zero-order chi connectivity index (χ0) is 17.5. The van der Waals surface area contributed by atoms with Crippen molar-refractivity contribution in [1.82, 2.24) is 15.4 Å². The number of amides is 2. The predicted molar refractivity (Wildman–Crippen MR) is 91.8 cm³/mol. The van der Waals surface area contributed by atoms with Crippen LogP contribution in [0.1, 0.15) is 16.9 Å². The average molecular weight is 396 g/mol. The van der Waals surface area contributed by atoms with Crippen molar-refractivity contribution in [2.24, 2.45) is 7.05 Å². The SMILES string of the molecule is COc1ccc(OCCC(=O)NNC(=O)c2cc(Br)cn2C)cc1. The summed E-state index contributed by atoms with van der Waals surface area (Å²) in [6.45, 7) is 0.198. The summed E-state index contributed by atoms with van der Waals surface area (Å²) in [6, 6.07) is 8.72. The number of methoxy groups -OCH3 is 1. The Morgan fingerprint density at radius 1 is 1.17 bits per heavy atom. The second-order valence-corrected chi connectivity index (χ2v) is 5.85. The molecule has 0 atom stereocenters. The number of halogens is 1. The largest absolute Gasteiger partial charge is 0.497 e. The van der Waals surface area contributed by atoms with Crippen LogP contribution >= 0.6 is 15.9 Å². The zero-order valence-electron chi connectivity index (χ0n) is 13.3. The van der Waals surface area contributed by atoms with Gasteiger partial charge in [-0.05, 0) is 46.3 Å². The smallest absolute Gasteiger partial charge is 0.286 e. The van der Waals surface area contributed by atoms with E-state index in [1.165, 1.54) is 0 Å². The van der Waals surface area contributed by atoms with Gasteiger partial charge in [0.2, 0.25) is 5.91 Å². The molecule has 0 saturated heterocycles. The molecule has 2 amide bonds. The Balaban J connectivity index is 1.71. The van der Waals surface area contributed by atoms with E-state index < -0.39 is 5.91 Å². The number of hydrogen-bond donors (Lipinski definition) is 2. The Morgan fingerprint density at radius 2 is 1.83 bits per heavy atom. The standard InChI is InChI=1S/C16H18BrN3O4/c1-20-10-11(17)9-14(20)16(22)19-18-15(21)7-8-24-13-5-3-12(23-2)4-6-13/h3-6,9-10H,7-8H2,1-2H3,(H,18,21)(H,19,22). The van der Waals surface area contributed by atoms with Crippen LogP contribution in [0.25, 0.3) is 0 Å². The summed E-state index contributed by atoms with van der Waals surface area (Å²) in [5.74, 6) is 0.633. The average Bonchev–Trinajstić information content (AvgIpc) is 2.92. The first-order valence-corrected chi connectivity index (χ1v) is 7.97. The summed E-state index contributed by atoms with van der Waals surface area (Å²) >= 11 is 3.28. The van der Waals surface area contributed by atoms with Gasteiger partial charge >= 0.3 is 0 Å². The summed E-state index contributed by atoms with van der Waals surface area (Å²) in [5, 5.41) is 0. The Bertz CT molecular complexity index is 713. The molecule has 8 heteroatoms. The lowest BCUT2D eigenvalue weighted by atomic mass is 10.3. The van der Waals surface area contributed by atoms with Crippen LogP contribution in [0.4, 0.5) is 0 Å². The highest BCUT2D eigenvalue weighted by molar-refractivity contribution is 9.10. The highest BCUT2D eigenvalue weighted by Crippen LogP contribution is 2.17. The Kier molecular flexibility index (Phi) is 6.25. The molecular weight excluding hydrogens is 378 g/mol. The monoisotopic (exact) mass is 395 g/mol. The van der Waals surface area contributed by atoms with Gasteiger partial charge in [0.05, 0.1) is 20.1 Å². The maximum absolute atomic E-state index is 11.9. The van der Waals surface area contributed by atoms with Crippen molar-refractivity contribution in [3.05, 3.63) is 46.7 Å². The minimum Gasteiger partial charge on any atom is -0.497 e. The first-order valence-electron chi connectivity index (χ1n) is 7.17. The van der Waals surface area contributed by atoms with Crippen LogP contribution in [0.15, 0.2) is 41.0 Å². The van der Waals surface area contributed by atoms with Crippen molar-refractivity contribution in [2.75, 3.05) is 13.7 Å².